The molecule has 0 heterocycles. The van der Waals surface area contributed by atoms with Crippen LogP contribution in [0.3, 0.4) is 0 Å². The van der Waals surface area contributed by atoms with Crippen molar-refractivity contribution in [1.82, 2.24) is 5.32 Å². The van der Waals surface area contributed by atoms with Crippen molar-refractivity contribution in [2.24, 2.45) is 0 Å². The molecule has 2 N–H and O–H groups in total. The number of Topliss-reactive ketones (excluding diaryl/α,β-unsaturated/α-hetero) is 1. The molecule has 1 atom stereocenters. The molecule has 0 aromatic heterocycles. The lowest BCUT2D eigenvalue weighted by atomic mass is 10.1. The molecule has 1 aromatic carbocycles. The van der Waals surface area contributed by atoms with Gasteiger partial charge in [0.1, 0.15) is 5.75 Å². The van der Waals surface area contributed by atoms with E-state index in [1.165, 1.54) is 12.1 Å². The van der Waals surface area contributed by atoms with Crippen LogP contribution in [0.4, 0.5) is 0 Å². The monoisotopic (exact) mass is 179 g/mol. The quantitative estimate of drug-likeness (QED) is 0.685. The van der Waals surface area contributed by atoms with Gasteiger partial charge < -0.3 is 10.4 Å². The van der Waals surface area contributed by atoms with Crippen LogP contribution in [0, 0.1) is 0 Å². The second kappa shape index (κ2) is 4.05. The summed E-state index contributed by atoms with van der Waals surface area (Å²) in [6.45, 7) is 1.80. The lowest BCUT2D eigenvalue weighted by Gasteiger charge is -2.08. The molecule has 0 spiro atoms. The summed E-state index contributed by atoms with van der Waals surface area (Å²) in [7, 11) is 1.74. The van der Waals surface area contributed by atoms with Gasteiger partial charge in [0.15, 0.2) is 5.78 Å². The zero-order valence-corrected chi connectivity index (χ0v) is 7.74. The Morgan fingerprint density at radius 3 is 2.38 bits per heavy atom. The average Bonchev–Trinajstić information content (AvgIpc) is 2.17. The maximum atomic E-state index is 11.5. The van der Waals surface area contributed by atoms with Crippen molar-refractivity contribution in [3.05, 3.63) is 29.8 Å². The Bertz CT molecular complexity index is 292. The molecule has 13 heavy (non-hydrogen) atoms. The molecule has 1 aromatic rings. The van der Waals surface area contributed by atoms with Crippen molar-refractivity contribution in [1.29, 1.82) is 0 Å². The molecule has 0 fully saturated rings. The molecule has 0 amide bonds. The maximum absolute atomic E-state index is 11.5. The van der Waals surface area contributed by atoms with E-state index < -0.39 is 0 Å². The zero-order valence-electron chi connectivity index (χ0n) is 7.74. The number of likely N-dealkylation sites (N-methyl/N-ethyl adjacent to an activating group) is 1. The van der Waals surface area contributed by atoms with Crippen LogP contribution in [-0.4, -0.2) is 24.0 Å². The first-order valence-corrected chi connectivity index (χ1v) is 4.15. The normalized spacial score (nSPS) is 12.5. The van der Waals surface area contributed by atoms with E-state index in [0.717, 1.165) is 0 Å². The maximum Gasteiger partial charge on any atom is 0.179 e. The number of aromatic hydroxyl groups is 1. The van der Waals surface area contributed by atoms with Crippen molar-refractivity contribution in [3.8, 4) is 5.75 Å². The highest BCUT2D eigenvalue weighted by Crippen LogP contribution is 2.11. The van der Waals surface area contributed by atoms with Gasteiger partial charge in [-0.3, -0.25) is 4.79 Å². The number of carbonyl (C=O) groups is 1. The number of rotatable bonds is 3. The van der Waals surface area contributed by atoms with Crippen molar-refractivity contribution < 1.29 is 9.90 Å². The van der Waals surface area contributed by atoms with Gasteiger partial charge in [-0.15, -0.1) is 0 Å². The Kier molecular flexibility index (Phi) is 3.03. The summed E-state index contributed by atoms with van der Waals surface area (Å²) < 4.78 is 0. The van der Waals surface area contributed by atoms with Gasteiger partial charge >= 0.3 is 0 Å². The largest absolute Gasteiger partial charge is 0.508 e. The van der Waals surface area contributed by atoms with Crippen molar-refractivity contribution in [2.45, 2.75) is 13.0 Å². The number of carbonyl (C=O) groups excluding carboxylic acids is 1. The van der Waals surface area contributed by atoms with Crippen LogP contribution >= 0.6 is 0 Å². The molecule has 0 saturated heterocycles. The van der Waals surface area contributed by atoms with Crippen LogP contribution in [-0.2, 0) is 0 Å². The number of hydrogen-bond acceptors (Lipinski definition) is 3. The number of phenolic OH excluding ortho intramolecular Hbond substituents is 1. The van der Waals surface area contributed by atoms with Crippen LogP contribution in [0.1, 0.15) is 17.3 Å². The van der Waals surface area contributed by atoms with E-state index in [4.69, 9.17) is 5.11 Å². The molecule has 0 radical (unpaired) electrons. The Morgan fingerprint density at radius 2 is 1.92 bits per heavy atom. The Balaban J connectivity index is 2.83. The van der Waals surface area contributed by atoms with E-state index in [9.17, 15) is 4.79 Å². The first kappa shape index (κ1) is 9.74. The van der Waals surface area contributed by atoms with Crippen LogP contribution in [0.25, 0.3) is 0 Å². The van der Waals surface area contributed by atoms with Gasteiger partial charge in [0.05, 0.1) is 6.04 Å². The minimum atomic E-state index is -0.190. The number of hydrogen-bond donors (Lipinski definition) is 2. The fraction of sp³-hybridized carbons (Fsp3) is 0.300. The Labute approximate surface area is 77.4 Å². The first-order valence-electron chi connectivity index (χ1n) is 4.15. The molecule has 3 nitrogen and oxygen atoms in total. The van der Waals surface area contributed by atoms with E-state index in [2.05, 4.69) is 5.32 Å². The summed E-state index contributed by atoms with van der Waals surface area (Å²) in [5.41, 5.74) is 0.611. The summed E-state index contributed by atoms with van der Waals surface area (Å²) in [6, 6.07) is 6.06. The fourth-order valence-corrected chi connectivity index (χ4v) is 1.01. The smallest absolute Gasteiger partial charge is 0.179 e. The number of nitrogens with one attached hydrogen (secondary N) is 1. The van der Waals surface area contributed by atoms with Gasteiger partial charge in [-0.1, -0.05) is 0 Å². The van der Waals surface area contributed by atoms with Crippen LogP contribution < -0.4 is 5.32 Å². The van der Waals surface area contributed by atoms with E-state index in [1.807, 2.05) is 0 Å². The summed E-state index contributed by atoms with van der Waals surface area (Å²) in [6.07, 6.45) is 0. The topological polar surface area (TPSA) is 49.3 Å². The van der Waals surface area contributed by atoms with Gasteiger partial charge in [0.2, 0.25) is 0 Å². The van der Waals surface area contributed by atoms with E-state index in [-0.39, 0.29) is 17.6 Å². The lowest BCUT2D eigenvalue weighted by molar-refractivity contribution is 0.0955. The molecule has 0 saturated carbocycles. The highest BCUT2D eigenvalue weighted by Gasteiger charge is 2.12. The zero-order chi connectivity index (χ0) is 9.84. The van der Waals surface area contributed by atoms with Gasteiger partial charge in [-0.2, -0.15) is 0 Å². The Hall–Kier alpha value is -1.35. The van der Waals surface area contributed by atoms with Gasteiger partial charge in [-0.05, 0) is 38.2 Å². The lowest BCUT2D eigenvalue weighted by Crippen LogP contribution is -2.30. The molecule has 70 valence electrons. The Morgan fingerprint density at radius 1 is 1.38 bits per heavy atom. The number of benzene rings is 1. The molecule has 1 unspecified atom stereocenters. The van der Waals surface area contributed by atoms with E-state index in [0.29, 0.717) is 5.56 Å². The number of phenols is 1. The summed E-state index contributed by atoms with van der Waals surface area (Å²) in [5, 5.41) is 11.9. The van der Waals surface area contributed by atoms with E-state index >= 15 is 0 Å². The average molecular weight is 179 g/mol. The molecular weight excluding hydrogens is 166 g/mol. The molecular formula is C10H13NO2. The first-order chi connectivity index (χ1) is 6.15. The van der Waals surface area contributed by atoms with Gasteiger partial charge in [0, 0.05) is 5.56 Å². The predicted molar refractivity (Wildman–Crippen MR) is 51.0 cm³/mol. The minimum Gasteiger partial charge on any atom is -0.508 e. The fourth-order valence-electron chi connectivity index (χ4n) is 1.01. The minimum absolute atomic E-state index is 0.0301. The molecule has 0 bridgehead atoms. The third kappa shape index (κ3) is 2.29. The SMILES string of the molecule is CNC(C)C(=O)c1ccc(O)cc1. The van der Waals surface area contributed by atoms with Crippen molar-refractivity contribution in [3.63, 3.8) is 0 Å². The van der Waals surface area contributed by atoms with E-state index in [1.54, 1.807) is 26.1 Å². The third-order valence-corrected chi connectivity index (χ3v) is 1.98. The molecule has 0 aliphatic heterocycles. The third-order valence-electron chi connectivity index (χ3n) is 1.98. The molecule has 3 heteroatoms. The van der Waals surface area contributed by atoms with Crippen LogP contribution in [0.15, 0.2) is 24.3 Å². The second-order valence-corrected chi connectivity index (χ2v) is 2.92. The van der Waals surface area contributed by atoms with Crippen molar-refractivity contribution in [2.75, 3.05) is 7.05 Å². The summed E-state index contributed by atoms with van der Waals surface area (Å²) in [4.78, 5) is 11.5. The molecule has 0 aliphatic rings. The molecule has 1 rings (SSSR count). The van der Waals surface area contributed by atoms with Gasteiger partial charge in [-0.25, -0.2) is 0 Å². The molecule has 0 aliphatic carbocycles. The number of ketones is 1. The highest BCUT2D eigenvalue weighted by atomic mass is 16.3. The standard InChI is InChI=1S/C10H13NO2/c1-7(11-2)10(13)8-3-5-9(12)6-4-8/h3-7,11-12H,1-2H3. The predicted octanol–water partition coefficient (Wildman–Crippen LogP) is 1.18. The van der Waals surface area contributed by atoms with Crippen molar-refractivity contribution >= 4 is 5.78 Å². The van der Waals surface area contributed by atoms with Crippen LogP contribution in [0.5, 0.6) is 5.75 Å². The van der Waals surface area contributed by atoms with Crippen LogP contribution in [0.2, 0.25) is 0 Å². The highest BCUT2D eigenvalue weighted by molar-refractivity contribution is 5.99. The second-order valence-electron chi connectivity index (χ2n) is 2.92. The summed E-state index contributed by atoms with van der Waals surface area (Å²) in [5.74, 6) is 0.205. The summed E-state index contributed by atoms with van der Waals surface area (Å²) >= 11 is 0. The van der Waals surface area contributed by atoms with Gasteiger partial charge in [0.25, 0.3) is 0 Å².